The highest BCUT2D eigenvalue weighted by atomic mass is 35.5. The van der Waals surface area contributed by atoms with Crippen LogP contribution in [0.3, 0.4) is 0 Å². The summed E-state index contributed by atoms with van der Waals surface area (Å²) in [6.07, 6.45) is 1.53. The number of nitrogens with zero attached hydrogens (tertiary/aromatic N) is 3. The van der Waals surface area contributed by atoms with Crippen LogP contribution in [0.15, 0.2) is 65.4 Å². The fraction of sp³-hybridized carbons (Fsp3) is 0. The first-order valence-corrected chi connectivity index (χ1v) is 8.89. The summed E-state index contributed by atoms with van der Waals surface area (Å²) in [4.78, 5) is 21.7. The molecule has 4 nitrogen and oxygen atoms in total. The molecule has 4 aromatic rings. The molecule has 0 atom stereocenters. The lowest BCUT2D eigenvalue weighted by Crippen LogP contribution is -2.23. The number of hydrogen-bond acceptors (Lipinski definition) is 4. The zero-order chi connectivity index (χ0) is 18.3. The Kier molecular flexibility index (Phi) is 4.14. The molecule has 3 aromatic heterocycles. The maximum Gasteiger partial charge on any atom is 0.276 e. The van der Waals surface area contributed by atoms with Gasteiger partial charge in [-0.1, -0.05) is 36.4 Å². The van der Waals surface area contributed by atoms with Crippen LogP contribution >= 0.6 is 22.9 Å². The quantitative estimate of drug-likeness (QED) is 0.482. The molecule has 0 fully saturated rings. The highest BCUT2D eigenvalue weighted by Crippen LogP contribution is 2.28. The smallest absolute Gasteiger partial charge is 0.267 e. The van der Waals surface area contributed by atoms with Crippen molar-refractivity contribution in [2.45, 2.75) is 0 Å². The van der Waals surface area contributed by atoms with Crippen molar-refractivity contribution in [2.24, 2.45) is 0 Å². The molecule has 0 aliphatic rings. The molecule has 0 aliphatic heterocycles. The van der Waals surface area contributed by atoms with Crippen molar-refractivity contribution in [3.05, 3.63) is 93.3 Å². The molecular weight excluding hydrogens is 373 g/mol. The van der Waals surface area contributed by atoms with Crippen molar-refractivity contribution in [3.63, 3.8) is 0 Å². The molecule has 7 heteroatoms. The third-order valence-corrected chi connectivity index (χ3v) is 5.11. The van der Waals surface area contributed by atoms with Gasteiger partial charge < -0.3 is 0 Å². The van der Waals surface area contributed by atoms with Gasteiger partial charge >= 0.3 is 0 Å². The van der Waals surface area contributed by atoms with Gasteiger partial charge in [-0.3, -0.25) is 9.36 Å². The highest BCUT2D eigenvalue weighted by Gasteiger charge is 2.20. The van der Waals surface area contributed by atoms with E-state index in [0.29, 0.717) is 15.9 Å². The zero-order valence-electron chi connectivity index (χ0n) is 13.3. The fourth-order valence-corrected chi connectivity index (χ4v) is 3.67. The summed E-state index contributed by atoms with van der Waals surface area (Å²) in [5.41, 5.74) is 1.15. The SMILES string of the molecule is C=C(c1ccccc1F)c1nc2ccsc2c(=O)n1-c1cccnc1Cl. The second-order valence-electron chi connectivity index (χ2n) is 5.48. The van der Waals surface area contributed by atoms with Crippen LogP contribution in [0.25, 0.3) is 21.5 Å². The summed E-state index contributed by atoms with van der Waals surface area (Å²) in [5, 5.41) is 1.93. The van der Waals surface area contributed by atoms with Crippen molar-refractivity contribution < 1.29 is 4.39 Å². The van der Waals surface area contributed by atoms with E-state index < -0.39 is 5.82 Å². The van der Waals surface area contributed by atoms with Crippen molar-refractivity contribution in [1.82, 2.24) is 14.5 Å². The number of rotatable bonds is 3. The van der Waals surface area contributed by atoms with Crippen LogP contribution < -0.4 is 5.56 Å². The lowest BCUT2D eigenvalue weighted by molar-refractivity contribution is 0.624. The van der Waals surface area contributed by atoms with Gasteiger partial charge in [-0.05, 0) is 29.6 Å². The number of pyridine rings is 1. The summed E-state index contributed by atoms with van der Waals surface area (Å²) >= 11 is 7.50. The number of benzene rings is 1. The minimum Gasteiger partial charge on any atom is -0.267 e. The third-order valence-electron chi connectivity index (χ3n) is 3.93. The van der Waals surface area contributed by atoms with Crippen molar-refractivity contribution >= 4 is 38.7 Å². The number of thiophene rings is 1. The lowest BCUT2D eigenvalue weighted by atomic mass is 10.1. The average Bonchev–Trinajstić information content (AvgIpc) is 3.11. The topological polar surface area (TPSA) is 47.8 Å². The second-order valence-corrected chi connectivity index (χ2v) is 6.76. The summed E-state index contributed by atoms with van der Waals surface area (Å²) in [7, 11) is 0. The minimum atomic E-state index is -0.444. The van der Waals surface area contributed by atoms with Gasteiger partial charge in [-0.25, -0.2) is 14.4 Å². The molecule has 0 N–H and O–H groups in total. The predicted molar refractivity (Wildman–Crippen MR) is 103 cm³/mol. The van der Waals surface area contributed by atoms with Gasteiger partial charge in [-0.15, -0.1) is 11.3 Å². The molecular formula is C19H11ClFN3OS. The molecule has 0 saturated carbocycles. The Morgan fingerprint density at radius 3 is 2.77 bits per heavy atom. The number of hydrogen-bond donors (Lipinski definition) is 0. The number of aromatic nitrogens is 3. The van der Waals surface area contributed by atoms with Crippen molar-refractivity contribution in [1.29, 1.82) is 0 Å². The second kappa shape index (κ2) is 6.48. The number of halogens is 2. The molecule has 0 unspecified atom stereocenters. The lowest BCUT2D eigenvalue weighted by Gasteiger charge is -2.15. The normalized spacial score (nSPS) is 11.0. The Bertz CT molecular complexity index is 1210. The Hall–Kier alpha value is -2.83. The van der Waals surface area contributed by atoms with Crippen molar-refractivity contribution in [3.8, 4) is 5.69 Å². The Balaban J connectivity index is 2.07. The van der Waals surface area contributed by atoms with Gasteiger partial charge in [0.05, 0.1) is 11.2 Å². The van der Waals surface area contributed by atoms with Gasteiger partial charge in [0.15, 0.2) is 5.15 Å². The molecule has 0 aliphatic carbocycles. The van der Waals surface area contributed by atoms with E-state index in [2.05, 4.69) is 16.5 Å². The highest BCUT2D eigenvalue weighted by molar-refractivity contribution is 7.17. The van der Waals surface area contributed by atoms with Crippen molar-refractivity contribution in [2.75, 3.05) is 0 Å². The van der Waals surface area contributed by atoms with E-state index in [0.717, 1.165) is 0 Å². The molecule has 0 saturated heterocycles. The van der Waals surface area contributed by atoms with Gasteiger partial charge in [0.25, 0.3) is 5.56 Å². The molecule has 26 heavy (non-hydrogen) atoms. The van der Waals surface area contributed by atoms with E-state index >= 15 is 0 Å². The van der Waals surface area contributed by atoms with E-state index in [-0.39, 0.29) is 27.7 Å². The van der Waals surface area contributed by atoms with Crippen LogP contribution in [-0.4, -0.2) is 14.5 Å². The Morgan fingerprint density at radius 1 is 1.19 bits per heavy atom. The average molecular weight is 384 g/mol. The van der Waals surface area contributed by atoms with Gasteiger partial charge in [0.1, 0.15) is 16.3 Å². The summed E-state index contributed by atoms with van der Waals surface area (Å²) in [5.74, 6) is -0.220. The number of fused-ring (bicyclic) bond motifs is 1. The van der Waals surface area contributed by atoms with E-state index in [4.69, 9.17) is 11.6 Å². The van der Waals surface area contributed by atoms with Gasteiger partial charge in [0.2, 0.25) is 0 Å². The minimum absolute atomic E-state index is 0.148. The Labute approximate surface area is 156 Å². The van der Waals surface area contributed by atoms with Gasteiger partial charge in [-0.2, -0.15) is 0 Å². The first-order valence-electron chi connectivity index (χ1n) is 7.63. The molecule has 4 rings (SSSR count). The van der Waals surface area contributed by atoms with Crippen LogP contribution in [0.4, 0.5) is 4.39 Å². The predicted octanol–water partition coefficient (Wildman–Crippen LogP) is 4.70. The molecule has 0 bridgehead atoms. The standard InChI is InChI=1S/C19H11ClFN3OS/c1-11(12-5-2-3-6-13(12)21)18-23-14-8-10-26-16(14)19(25)24(18)15-7-4-9-22-17(15)20/h2-10H,1H2. The molecule has 0 amide bonds. The maximum absolute atomic E-state index is 14.3. The monoisotopic (exact) mass is 383 g/mol. The fourth-order valence-electron chi connectivity index (χ4n) is 2.71. The molecule has 128 valence electrons. The maximum atomic E-state index is 14.3. The Morgan fingerprint density at radius 2 is 2.00 bits per heavy atom. The summed E-state index contributed by atoms with van der Waals surface area (Å²) < 4.78 is 16.1. The van der Waals surface area contributed by atoms with E-state index in [1.807, 2.05) is 0 Å². The molecule has 0 spiro atoms. The van der Waals surface area contributed by atoms with Crippen LogP contribution in [0.5, 0.6) is 0 Å². The third kappa shape index (κ3) is 2.64. The largest absolute Gasteiger partial charge is 0.276 e. The molecule has 0 radical (unpaired) electrons. The van der Waals surface area contributed by atoms with Crippen LogP contribution in [0.2, 0.25) is 5.15 Å². The van der Waals surface area contributed by atoms with Gasteiger partial charge in [0, 0.05) is 17.3 Å². The first-order chi connectivity index (χ1) is 12.6. The zero-order valence-corrected chi connectivity index (χ0v) is 14.9. The van der Waals surface area contributed by atoms with Crippen LogP contribution in [0.1, 0.15) is 11.4 Å². The van der Waals surface area contributed by atoms with E-state index in [9.17, 15) is 9.18 Å². The van der Waals surface area contributed by atoms with Crippen LogP contribution in [0, 0.1) is 5.82 Å². The summed E-state index contributed by atoms with van der Waals surface area (Å²) in [6, 6.07) is 11.3. The van der Waals surface area contributed by atoms with E-state index in [1.165, 1.54) is 28.2 Å². The molecule has 3 heterocycles. The van der Waals surface area contributed by atoms with E-state index in [1.54, 1.807) is 41.8 Å². The first kappa shape index (κ1) is 16.6. The molecule has 1 aromatic carbocycles. The summed E-state index contributed by atoms with van der Waals surface area (Å²) in [6.45, 7) is 3.98. The van der Waals surface area contributed by atoms with Crippen LogP contribution in [-0.2, 0) is 0 Å².